The quantitative estimate of drug-likeness (QED) is 0.351. The molecule has 0 saturated carbocycles. The first kappa shape index (κ1) is 17.9. The third-order valence-corrected chi connectivity index (χ3v) is 2.87. The molecule has 1 nitrogen and oxygen atoms in total. The predicted molar refractivity (Wildman–Crippen MR) is 86.3 cm³/mol. The number of unbranched alkanes of at least 4 members (excludes halogenated alkanes) is 6. The van der Waals surface area contributed by atoms with Crippen LogP contribution < -0.4 is 0 Å². The van der Waals surface area contributed by atoms with Gasteiger partial charge in [0.1, 0.15) is 0 Å². The van der Waals surface area contributed by atoms with Gasteiger partial charge in [0.25, 0.3) is 0 Å². The lowest BCUT2D eigenvalue weighted by atomic mass is 10.1. The molecule has 0 aromatic heterocycles. The molecule has 19 heavy (non-hydrogen) atoms. The van der Waals surface area contributed by atoms with Crippen LogP contribution in [0.4, 0.5) is 0 Å². The van der Waals surface area contributed by atoms with E-state index in [2.05, 4.69) is 30.9 Å². The summed E-state index contributed by atoms with van der Waals surface area (Å²) in [4.78, 5) is 0. The number of rotatable bonds is 13. The van der Waals surface area contributed by atoms with Crippen LogP contribution in [-0.4, -0.2) is 11.7 Å². The van der Waals surface area contributed by atoms with Crippen LogP contribution in [0.1, 0.15) is 57.8 Å². The van der Waals surface area contributed by atoms with Gasteiger partial charge in [0.15, 0.2) is 0 Å². The second-order valence-corrected chi connectivity index (χ2v) is 4.68. The summed E-state index contributed by atoms with van der Waals surface area (Å²) in [6.07, 6.45) is 25.6. The van der Waals surface area contributed by atoms with Gasteiger partial charge in [0, 0.05) is 0 Å². The Balaban J connectivity index is 3.20. The van der Waals surface area contributed by atoms with E-state index in [0.717, 1.165) is 19.3 Å². The summed E-state index contributed by atoms with van der Waals surface area (Å²) < 4.78 is 0. The van der Waals surface area contributed by atoms with Gasteiger partial charge < -0.3 is 5.11 Å². The Bertz CT molecular complexity index is 261. The molecule has 108 valence electrons. The highest BCUT2D eigenvalue weighted by Gasteiger charge is 1.83. The zero-order chi connectivity index (χ0) is 14.0. The van der Waals surface area contributed by atoms with E-state index < -0.39 is 0 Å². The lowest BCUT2D eigenvalue weighted by molar-refractivity contribution is 0.342. The molecule has 0 spiro atoms. The van der Waals surface area contributed by atoms with Crippen LogP contribution in [0.3, 0.4) is 0 Å². The van der Waals surface area contributed by atoms with E-state index in [0.29, 0.717) is 0 Å². The molecule has 0 fully saturated rings. The average Bonchev–Trinajstić information content (AvgIpc) is 2.43. The number of allylic oxidation sites excluding steroid dienone is 6. The number of aliphatic hydroxyl groups is 1. The normalized spacial score (nSPS) is 12.1. The van der Waals surface area contributed by atoms with Crippen molar-refractivity contribution in [1.29, 1.82) is 0 Å². The molecule has 0 aliphatic heterocycles. The summed E-state index contributed by atoms with van der Waals surface area (Å²) in [5.41, 5.74) is 0. The van der Waals surface area contributed by atoms with Crippen molar-refractivity contribution < 1.29 is 5.11 Å². The molecule has 0 radical (unpaired) electrons. The van der Waals surface area contributed by atoms with E-state index >= 15 is 0 Å². The molecule has 0 saturated heterocycles. The van der Waals surface area contributed by atoms with Crippen LogP contribution in [0.25, 0.3) is 0 Å². The molecule has 0 rings (SSSR count). The van der Waals surface area contributed by atoms with Crippen molar-refractivity contribution in [2.45, 2.75) is 57.8 Å². The second kappa shape index (κ2) is 16.9. The van der Waals surface area contributed by atoms with Crippen LogP contribution in [-0.2, 0) is 0 Å². The van der Waals surface area contributed by atoms with Gasteiger partial charge in [-0.15, -0.1) is 6.58 Å². The Kier molecular flexibility index (Phi) is 16.0. The fourth-order valence-corrected chi connectivity index (χ4v) is 1.75. The molecule has 1 N–H and O–H groups in total. The number of aliphatic hydroxyl groups excluding tert-OH is 1. The maximum Gasteiger partial charge on any atom is 0.0612 e. The van der Waals surface area contributed by atoms with Crippen molar-refractivity contribution in [3.63, 3.8) is 0 Å². The van der Waals surface area contributed by atoms with Gasteiger partial charge >= 0.3 is 0 Å². The molecular weight excluding hydrogens is 232 g/mol. The summed E-state index contributed by atoms with van der Waals surface area (Å²) in [7, 11) is 0. The third-order valence-electron chi connectivity index (χ3n) is 2.87. The Morgan fingerprint density at radius 2 is 0.947 bits per heavy atom. The maximum absolute atomic E-state index is 8.56. The second-order valence-electron chi connectivity index (χ2n) is 4.68. The van der Waals surface area contributed by atoms with Gasteiger partial charge in [-0.25, -0.2) is 0 Å². The van der Waals surface area contributed by atoms with Gasteiger partial charge in [-0.2, -0.15) is 0 Å². The van der Waals surface area contributed by atoms with Gasteiger partial charge in [0.2, 0.25) is 0 Å². The van der Waals surface area contributed by atoms with Crippen molar-refractivity contribution in [2.75, 3.05) is 6.61 Å². The minimum atomic E-state index is 0.164. The highest BCUT2D eigenvalue weighted by atomic mass is 16.2. The first-order valence-electron chi connectivity index (χ1n) is 7.58. The molecule has 0 aromatic carbocycles. The first-order chi connectivity index (χ1) is 9.41. The number of hydrogen-bond acceptors (Lipinski definition) is 1. The van der Waals surface area contributed by atoms with Crippen molar-refractivity contribution in [1.82, 2.24) is 0 Å². The number of hydrogen-bond donors (Lipinski definition) is 1. The zero-order valence-electron chi connectivity index (χ0n) is 12.3. The van der Waals surface area contributed by atoms with Crippen LogP contribution >= 0.6 is 0 Å². The van der Waals surface area contributed by atoms with Crippen molar-refractivity contribution in [3.05, 3.63) is 49.1 Å². The minimum Gasteiger partial charge on any atom is -0.392 e. The Hall–Kier alpha value is -1.08. The Labute approximate surface area is 119 Å². The third kappa shape index (κ3) is 16.9. The first-order valence-corrected chi connectivity index (χ1v) is 7.58. The fourth-order valence-electron chi connectivity index (χ4n) is 1.75. The van der Waals surface area contributed by atoms with Crippen LogP contribution in [0.5, 0.6) is 0 Å². The molecule has 0 aliphatic carbocycles. The topological polar surface area (TPSA) is 20.2 Å². The molecular formula is C18H30O. The Morgan fingerprint density at radius 1 is 0.579 bits per heavy atom. The average molecular weight is 262 g/mol. The molecule has 1 heteroatoms. The zero-order valence-corrected chi connectivity index (χ0v) is 12.3. The lowest BCUT2D eigenvalue weighted by Gasteiger charge is -1.93. The highest BCUT2D eigenvalue weighted by molar-refractivity contribution is 4.87. The van der Waals surface area contributed by atoms with E-state index in [-0.39, 0.29) is 6.61 Å². The van der Waals surface area contributed by atoms with Crippen LogP contribution in [0.15, 0.2) is 49.1 Å². The van der Waals surface area contributed by atoms with Crippen molar-refractivity contribution in [2.24, 2.45) is 0 Å². The monoisotopic (exact) mass is 262 g/mol. The molecule has 0 heterocycles. The summed E-state index contributed by atoms with van der Waals surface area (Å²) in [6, 6.07) is 0. The fraction of sp³-hybridized carbons (Fsp3) is 0.556. The Morgan fingerprint density at radius 3 is 1.32 bits per heavy atom. The van der Waals surface area contributed by atoms with Crippen LogP contribution in [0.2, 0.25) is 0 Å². The smallest absolute Gasteiger partial charge is 0.0612 e. The summed E-state index contributed by atoms with van der Waals surface area (Å²) >= 11 is 0. The van der Waals surface area contributed by atoms with Gasteiger partial charge in [-0.05, 0) is 57.8 Å². The molecule has 0 aromatic rings. The standard InChI is InChI=1S/C18H30O/c1-2-3-4-5-6-7-8-9-10-11-12-13-14-15-16-17-18-19/h2,6-7,11-12,16-17,19H,1,3-5,8-10,13-15,18H2/b7-6+,12-11+,17-16+. The van der Waals surface area contributed by atoms with Gasteiger partial charge in [-0.3, -0.25) is 0 Å². The molecule has 0 bridgehead atoms. The van der Waals surface area contributed by atoms with E-state index in [4.69, 9.17) is 5.11 Å². The largest absolute Gasteiger partial charge is 0.392 e. The summed E-state index contributed by atoms with van der Waals surface area (Å²) in [5.74, 6) is 0. The van der Waals surface area contributed by atoms with Crippen LogP contribution in [0, 0.1) is 0 Å². The van der Waals surface area contributed by atoms with E-state index in [1.165, 1.54) is 38.5 Å². The van der Waals surface area contributed by atoms with E-state index in [1.54, 1.807) is 0 Å². The van der Waals surface area contributed by atoms with E-state index in [9.17, 15) is 0 Å². The van der Waals surface area contributed by atoms with E-state index in [1.807, 2.05) is 18.2 Å². The van der Waals surface area contributed by atoms with Crippen molar-refractivity contribution in [3.8, 4) is 0 Å². The van der Waals surface area contributed by atoms with Gasteiger partial charge in [-0.1, -0.05) is 42.5 Å². The minimum absolute atomic E-state index is 0.164. The predicted octanol–water partition coefficient (Wildman–Crippen LogP) is 5.34. The summed E-state index contributed by atoms with van der Waals surface area (Å²) in [6.45, 7) is 3.88. The lowest BCUT2D eigenvalue weighted by Crippen LogP contribution is -1.74. The summed E-state index contributed by atoms with van der Waals surface area (Å²) in [5, 5.41) is 8.56. The molecule has 0 unspecified atom stereocenters. The molecule has 0 atom stereocenters. The maximum atomic E-state index is 8.56. The highest BCUT2D eigenvalue weighted by Crippen LogP contribution is 2.03. The SMILES string of the molecule is C=CCCC/C=C/CCC/C=C/CCC/C=C/CO. The molecule has 0 aliphatic rings. The van der Waals surface area contributed by atoms with Gasteiger partial charge in [0.05, 0.1) is 6.61 Å². The van der Waals surface area contributed by atoms with Crippen molar-refractivity contribution >= 4 is 0 Å². The molecule has 0 amide bonds.